The quantitative estimate of drug-likeness (QED) is 0.796. The number of amides is 1. The summed E-state index contributed by atoms with van der Waals surface area (Å²) < 4.78 is 0. The fourth-order valence-electron chi connectivity index (χ4n) is 1.64. The van der Waals surface area contributed by atoms with Crippen LogP contribution in [0.3, 0.4) is 0 Å². The van der Waals surface area contributed by atoms with Crippen LogP contribution in [0.15, 0.2) is 29.2 Å². The highest BCUT2D eigenvalue weighted by Crippen LogP contribution is 2.19. The van der Waals surface area contributed by atoms with Crippen LogP contribution >= 0.6 is 11.8 Å². The lowest BCUT2D eigenvalue weighted by Crippen LogP contribution is -2.32. The lowest BCUT2D eigenvalue weighted by molar-refractivity contribution is 0.0935. The molecule has 1 N–H and O–H groups in total. The Labute approximate surface area is 102 Å². The molecule has 0 heterocycles. The molecule has 88 valence electrons. The first-order valence-electron chi connectivity index (χ1n) is 5.63. The van der Waals surface area contributed by atoms with E-state index in [2.05, 4.69) is 12.2 Å². The smallest absolute Gasteiger partial charge is 0.252 e. The second-order valence-electron chi connectivity index (χ2n) is 3.86. The molecule has 0 aliphatic rings. The third kappa shape index (κ3) is 3.56. The zero-order valence-corrected chi connectivity index (χ0v) is 10.9. The SMILES string of the molecule is CCC[C@H](C)NC(=O)c1ccccc1SC. The summed E-state index contributed by atoms with van der Waals surface area (Å²) in [5.74, 6) is 0.0332. The fourth-order valence-corrected chi connectivity index (χ4v) is 2.23. The van der Waals surface area contributed by atoms with Crippen LogP contribution in [0.4, 0.5) is 0 Å². The highest BCUT2D eigenvalue weighted by Gasteiger charge is 2.12. The number of hydrogen-bond donors (Lipinski definition) is 1. The Morgan fingerprint density at radius 1 is 1.44 bits per heavy atom. The summed E-state index contributed by atoms with van der Waals surface area (Å²) >= 11 is 1.60. The summed E-state index contributed by atoms with van der Waals surface area (Å²) in [5, 5.41) is 3.02. The van der Waals surface area contributed by atoms with Crippen LogP contribution < -0.4 is 5.32 Å². The molecule has 1 amide bonds. The lowest BCUT2D eigenvalue weighted by atomic mass is 10.1. The minimum absolute atomic E-state index is 0.0332. The third-order valence-electron chi connectivity index (χ3n) is 2.45. The number of hydrogen-bond acceptors (Lipinski definition) is 2. The van der Waals surface area contributed by atoms with E-state index in [4.69, 9.17) is 0 Å². The number of benzene rings is 1. The van der Waals surface area contributed by atoms with Gasteiger partial charge in [-0.25, -0.2) is 0 Å². The maximum Gasteiger partial charge on any atom is 0.252 e. The molecule has 3 heteroatoms. The van der Waals surface area contributed by atoms with Crippen LogP contribution in [0.5, 0.6) is 0 Å². The van der Waals surface area contributed by atoms with Gasteiger partial charge in [-0.3, -0.25) is 4.79 Å². The molecule has 0 bridgehead atoms. The van der Waals surface area contributed by atoms with Gasteiger partial charge in [0, 0.05) is 10.9 Å². The van der Waals surface area contributed by atoms with Crippen molar-refractivity contribution >= 4 is 17.7 Å². The fraction of sp³-hybridized carbons (Fsp3) is 0.462. The molecule has 0 aliphatic heterocycles. The topological polar surface area (TPSA) is 29.1 Å². The van der Waals surface area contributed by atoms with Gasteiger partial charge in [0.15, 0.2) is 0 Å². The van der Waals surface area contributed by atoms with E-state index >= 15 is 0 Å². The standard InChI is InChI=1S/C13H19NOS/c1-4-7-10(2)14-13(15)11-8-5-6-9-12(11)16-3/h5-6,8-10H,4,7H2,1-3H3,(H,14,15)/t10-/m0/s1. The summed E-state index contributed by atoms with van der Waals surface area (Å²) in [6.07, 6.45) is 4.10. The number of carbonyl (C=O) groups is 1. The van der Waals surface area contributed by atoms with Crippen LogP contribution in [0.2, 0.25) is 0 Å². The molecule has 16 heavy (non-hydrogen) atoms. The molecule has 1 aromatic carbocycles. The van der Waals surface area contributed by atoms with E-state index < -0.39 is 0 Å². The molecule has 0 saturated carbocycles. The van der Waals surface area contributed by atoms with Gasteiger partial charge in [-0.2, -0.15) is 0 Å². The Balaban J connectivity index is 2.72. The van der Waals surface area contributed by atoms with E-state index in [0.29, 0.717) is 0 Å². The molecule has 2 nitrogen and oxygen atoms in total. The van der Waals surface area contributed by atoms with Crippen molar-refractivity contribution in [1.29, 1.82) is 0 Å². The zero-order chi connectivity index (χ0) is 12.0. The van der Waals surface area contributed by atoms with Crippen molar-refractivity contribution in [2.24, 2.45) is 0 Å². The number of carbonyl (C=O) groups excluding carboxylic acids is 1. The van der Waals surface area contributed by atoms with E-state index in [-0.39, 0.29) is 11.9 Å². The molecular weight excluding hydrogens is 218 g/mol. The molecule has 1 atom stereocenters. The first-order valence-corrected chi connectivity index (χ1v) is 6.85. The molecule has 0 unspecified atom stereocenters. The third-order valence-corrected chi connectivity index (χ3v) is 3.25. The first kappa shape index (κ1) is 13.1. The van der Waals surface area contributed by atoms with Gasteiger partial charge in [0.25, 0.3) is 5.91 Å². The Bertz CT molecular complexity index is 352. The van der Waals surface area contributed by atoms with Gasteiger partial charge in [-0.05, 0) is 31.7 Å². The van der Waals surface area contributed by atoms with Crippen LogP contribution in [0.25, 0.3) is 0 Å². The molecule has 0 saturated heterocycles. The normalized spacial score (nSPS) is 12.2. The van der Waals surface area contributed by atoms with Gasteiger partial charge < -0.3 is 5.32 Å². The Kier molecular flexibility index (Phi) is 5.39. The van der Waals surface area contributed by atoms with Gasteiger partial charge in [-0.15, -0.1) is 11.8 Å². The second kappa shape index (κ2) is 6.59. The average Bonchev–Trinajstić information content (AvgIpc) is 2.29. The van der Waals surface area contributed by atoms with Gasteiger partial charge >= 0.3 is 0 Å². The maximum absolute atomic E-state index is 12.0. The molecule has 1 aromatic rings. The van der Waals surface area contributed by atoms with E-state index in [9.17, 15) is 4.79 Å². The summed E-state index contributed by atoms with van der Waals surface area (Å²) in [7, 11) is 0. The van der Waals surface area contributed by atoms with Crippen LogP contribution in [-0.2, 0) is 0 Å². The van der Waals surface area contributed by atoms with Crippen molar-refractivity contribution in [3.8, 4) is 0 Å². The number of thioether (sulfide) groups is 1. The van der Waals surface area contributed by atoms with Gasteiger partial charge in [0.05, 0.1) is 5.56 Å². The minimum Gasteiger partial charge on any atom is -0.350 e. The van der Waals surface area contributed by atoms with Crippen molar-refractivity contribution < 1.29 is 4.79 Å². The average molecular weight is 237 g/mol. The van der Waals surface area contributed by atoms with Gasteiger partial charge in [0.2, 0.25) is 0 Å². The Morgan fingerprint density at radius 3 is 2.75 bits per heavy atom. The predicted octanol–water partition coefficient (Wildman–Crippen LogP) is 3.33. The monoisotopic (exact) mass is 237 g/mol. The first-order chi connectivity index (χ1) is 7.69. The Morgan fingerprint density at radius 2 is 2.12 bits per heavy atom. The molecule has 0 fully saturated rings. The van der Waals surface area contributed by atoms with Crippen LogP contribution in [0.1, 0.15) is 37.0 Å². The van der Waals surface area contributed by atoms with E-state index in [1.807, 2.05) is 37.4 Å². The highest BCUT2D eigenvalue weighted by molar-refractivity contribution is 7.98. The van der Waals surface area contributed by atoms with Crippen molar-refractivity contribution in [2.75, 3.05) is 6.26 Å². The van der Waals surface area contributed by atoms with E-state index in [1.165, 1.54) is 0 Å². The van der Waals surface area contributed by atoms with Crippen LogP contribution in [0, 0.1) is 0 Å². The molecule has 0 radical (unpaired) electrons. The van der Waals surface area contributed by atoms with Crippen molar-refractivity contribution in [3.05, 3.63) is 29.8 Å². The lowest BCUT2D eigenvalue weighted by Gasteiger charge is -2.14. The largest absolute Gasteiger partial charge is 0.350 e. The number of rotatable bonds is 5. The Hall–Kier alpha value is -0.960. The second-order valence-corrected chi connectivity index (χ2v) is 4.71. The maximum atomic E-state index is 12.0. The molecular formula is C13H19NOS. The molecule has 0 aliphatic carbocycles. The minimum atomic E-state index is 0.0332. The summed E-state index contributed by atoms with van der Waals surface area (Å²) in [4.78, 5) is 13.0. The van der Waals surface area contributed by atoms with E-state index in [0.717, 1.165) is 23.3 Å². The predicted molar refractivity (Wildman–Crippen MR) is 70.1 cm³/mol. The van der Waals surface area contributed by atoms with Crippen molar-refractivity contribution in [2.45, 2.75) is 37.6 Å². The molecule has 0 aromatic heterocycles. The van der Waals surface area contributed by atoms with Crippen molar-refractivity contribution in [3.63, 3.8) is 0 Å². The molecule has 1 rings (SSSR count). The number of nitrogens with one attached hydrogen (secondary N) is 1. The van der Waals surface area contributed by atoms with E-state index in [1.54, 1.807) is 11.8 Å². The van der Waals surface area contributed by atoms with Crippen molar-refractivity contribution in [1.82, 2.24) is 5.32 Å². The summed E-state index contributed by atoms with van der Waals surface area (Å²) in [5.41, 5.74) is 0.776. The van der Waals surface area contributed by atoms with Gasteiger partial charge in [-0.1, -0.05) is 25.5 Å². The summed E-state index contributed by atoms with van der Waals surface area (Å²) in [6.45, 7) is 4.17. The van der Waals surface area contributed by atoms with Gasteiger partial charge in [0.1, 0.15) is 0 Å². The zero-order valence-electron chi connectivity index (χ0n) is 10.1. The van der Waals surface area contributed by atoms with Crippen LogP contribution in [-0.4, -0.2) is 18.2 Å². The summed E-state index contributed by atoms with van der Waals surface area (Å²) in [6, 6.07) is 7.95. The highest BCUT2D eigenvalue weighted by atomic mass is 32.2. The molecule has 0 spiro atoms.